The Balaban J connectivity index is 1.72. The third kappa shape index (κ3) is 3.59. The van der Waals surface area contributed by atoms with Gasteiger partial charge in [0.05, 0.1) is 26.9 Å². The van der Waals surface area contributed by atoms with Crippen LogP contribution < -0.4 is 19.5 Å². The highest BCUT2D eigenvalue weighted by molar-refractivity contribution is 9.10. The number of benzene rings is 2. The van der Waals surface area contributed by atoms with E-state index in [1.165, 1.54) is 27.4 Å². The second-order valence-electron chi connectivity index (χ2n) is 9.44. The number of dihydropyridines is 1. The third-order valence-corrected chi connectivity index (χ3v) is 8.29. The lowest BCUT2D eigenvalue weighted by Crippen LogP contribution is -2.58. The Morgan fingerprint density at radius 3 is 2.47 bits per heavy atom. The van der Waals surface area contributed by atoms with E-state index >= 15 is 0 Å². The summed E-state index contributed by atoms with van der Waals surface area (Å²) >= 11 is 10.0. The monoisotopic (exact) mass is 601 g/mol. The van der Waals surface area contributed by atoms with Crippen LogP contribution in [0.3, 0.4) is 0 Å². The zero-order valence-electron chi connectivity index (χ0n) is 21.4. The van der Waals surface area contributed by atoms with Gasteiger partial charge < -0.3 is 24.3 Å². The molecule has 2 aromatic carbocycles. The molecule has 198 valence electrons. The molecule has 2 heterocycles. The first-order valence-corrected chi connectivity index (χ1v) is 13.0. The molecule has 1 unspecified atom stereocenters. The number of ether oxygens (including phenoxy) is 4. The van der Waals surface area contributed by atoms with Gasteiger partial charge in [0.2, 0.25) is 17.2 Å². The quantitative estimate of drug-likeness (QED) is 0.380. The third-order valence-electron chi connectivity index (χ3n) is 7.44. The number of ketones is 2. The van der Waals surface area contributed by atoms with E-state index in [4.69, 9.17) is 30.5 Å². The largest absolute Gasteiger partial charge is 0.496 e. The summed E-state index contributed by atoms with van der Waals surface area (Å²) in [7, 11) is 4.14. The fourth-order valence-electron chi connectivity index (χ4n) is 5.67. The summed E-state index contributed by atoms with van der Waals surface area (Å²) < 4.78 is 23.0. The van der Waals surface area contributed by atoms with E-state index in [-0.39, 0.29) is 39.0 Å². The number of Topliss-reactive ketones (excluding diaryl/α,β-unsaturated/α-hetero) is 2. The Labute approximate surface area is 233 Å². The molecule has 3 atom stereocenters. The van der Waals surface area contributed by atoms with Crippen LogP contribution in [0.2, 0.25) is 5.02 Å². The fourth-order valence-corrected chi connectivity index (χ4v) is 6.36. The molecular formula is C28H25BrClNO7. The number of nitrogens with one attached hydrogen (secondary N) is 1. The van der Waals surface area contributed by atoms with E-state index in [9.17, 15) is 14.4 Å². The highest BCUT2D eigenvalue weighted by Crippen LogP contribution is 2.56. The van der Waals surface area contributed by atoms with Crippen LogP contribution in [0.25, 0.3) is 0 Å². The van der Waals surface area contributed by atoms with Gasteiger partial charge in [0.1, 0.15) is 22.1 Å². The summed E-state index contributed by atoms with van der Waals surface area (Å²) in [5.41, 5.74) is 0.636. The number of esters is 1. The van der Waals surface area contributed by atoms with Crippen LogP contribution >= 0.6 is 27.5 Å². The van der Waals surface area contributed by atoms with Crippen molar-refractivity contribution < 1.29 is 33.3 Å². The molecule has 8 nitrogen and oxygen atoms in total. The van der Waals surface area contributed by atoms with Crippen molar-refractivity contribution in [2.75, 3.05) is 21.3 Å². The molecule has 0 fully saturated rings. The van der Waals surface area contributed by atoms with Crippen LogP contribution in [0, 0.1) is 5.92 Å². The topological polar surface area (TPSA) is 100 Å². The van der Waals surface area contributed by atoms with Crippen LogP contribution in [-0.2, 0) is 14.3 Å². The molecule has 0 bridgehead atoms. The number of fused-ring (bicyclic) bond motifs is 1. The Kier molecular flexibility index (Phi) is 6.55. The van der Waals surface area contributed by atoms with Crippen molar-refractivity contribution in [2.45, 2.75) is 31.8 Å². The van der Waals surface area contributed by atoms with Crippen LogP contribution in [-0.4, -0.2) is 44.5 Å². The number of hydrogen-bond acceptors (Lipinski definition) is 8. The molecule has 1 N–H and O–H groups in total. The molecule has 5 rings (SSSR count). The van der Waals surface area contributed by atoms with E-state index in [1.807, 2.05) is 24.3 Å². The number of methoxy groups -OCH3 is 3. The second-order valence-corrected chi connectivity index (χ2v) is 10.7. The Morgan fingerprint density at radius 1 is 1.13 bits per heavy atom. The number of halogens is 2. The molecule has 0 amide bonds. The number of hydrogen-bond donors (Lipinski definition) is 1. The smallest absolute Gasteiger partial charge is 0.336 e. The minimum Gasteiger partial charge on any atom is -0.496 e. The normalized spacial score (nSPS) is 24.1. The van der Waals surface area contributed by atoms with Crippen molar-refractivity contribution in [3.05, 3.63) is 73.5 Å². The van der Waals surface area contributed by atoms with Gasteiger partial charge in [0.15, 0.2) is 5.75 Å². The van der Waals surface area contributed by atoms with Gasteiger partial charge in [-0.3, -0.25) is 9.59 Å². The molecule has 3 aliphatic rings. The molecule has 38 heavy (non-hydrogen) atoms. The number of allylic oxidation sites excluding steroid dienone is 2. The average Bonchev–Trinajstić information content (AvgIpc) is 3.21. The molecule has 0 saturated heterocycles. The first kappa shape index (κ1) is 26.3. The Morgan fingerprint density at radius 2 is 1.84 bits per heavy atom. The number of carbonyl (C=O) groups is 3. The lowest BCUT2D eigenvalue weighted by Gasteiger charge is -2.42. The average molecular weight is 603 g/mol. The summed E-state index contributed by atoms with van der Waals surface area (Å²) in [4.78, 5) is 41.8. The van der Waals surface area contributed by atoms with Crippen LogP contribution in [0.5, 0.6) is 17.2 Å². The zero-order valence-corrected chi connectivity index (χ0v) is 23.7. The zero-order chi connectivity index (χ0) is 27.5. The summed E-state index contributed by atoms with van der Waals surface area (Å²) in [6, 6.07) is 8.84. The predicted octanol–water partition coefficient (Wildman–Crippen LogP) is 5.13. The van der Waals surface area contributed by atoms with Crippen molar-refractivity contribution in [3.8, 4) is 17.2 Å². The molecule has 1 spiro atoms. The van der Waals surface area contributed by atoms with Crippen molar-refractivity contribution in [1.29, 1.82) is 0 Å². The Bertz CT molecular complexity index is 1480. The lowest BCUT2D eigenvalue weighted by atomic mass is 9.65. The van der Waals surface area contributed by atoms with Crippen molar-refractivity contribution in [1.82, 2.24) is 5.32 Å². The van der Waals surface area contributed by atoms with Gasteiger partial charge in [-0.05, 0) is 31.0 Å². The summed E-state index contributed by atoms with van der Waals surface area (Å²) in [5, 5.41) is 3.32. The minimum absolute atomic E-state index is 0.0415. The summed E-state index contributed by atoms with van der Waals surface area (Å²) in [5.74, 6) is -2.54. The van der Waals surface area contributed by atoms with Gasteiger partial charge in [-0.25, -0.2) is 4.79 Å². The maximum absolute atomic E-state index is 14.6. The molecule has 2 aliphatic heterocycles. The molecule has 0 aromatic heterocycles. The fraction of sp³-hybridized carbons (Fsp3) is 0.321. The SMILES string of the molecule is COC(=O)C1=C(C)NC2=C(C(=O)[C@@]3(Oc4c(Cl)c(OC)cc(OC)c4C3=O)[C@H](C)C2)C1c1cccc(Br)c1. The Hall–Kier alpha value is -3.30. The van der Waals surface area contributed by atoms with Crippen LogP contribution in [0.1, 0.15) is 42.1 Å². The molecule has 1 aliphatic carbocycles. The van der Waals surface area contributed by atoms with Gasteiger partial charge in [-0.15, -0.1) is 0 Å². The predicted molar refractivity (Wildman–Crippen MR) is 143 cm³/mol. The molecule has 10 heteroatoms. The molecule has 0 saturated carbocycles. The van der Waals surface area contributed by atoms with Gasteiger partial charge in [0.25, 0.3) is 0 Å². The summed E-state index contributed by atoms with van der Waals surface area (Å²) in [6.07, 6.45) is 0.314. The van der Waals surface area contributed by atoms with Crippen molar-refractivity contribution >= 4 is 45.1 Å². The first-order chi connectivity index (χ1) is 18.1. The van der Waals surface area contributed by atoms with E-state index in [0.717, 1.165) is 4.47 Å². The maximum atomic E-state index is 14.6. The van der Waals surface area contributed by atoms with Crippen molar-refractivity contribution in [3.63, 3.8) is 0 Å². The van der Waals surface area contributed by atoms with Gasteiger partial charge >= 0.3 is 5.97 Å². The summed E-state index contributed by atoms with van der Waals surface area (Å²) in [6.45, 7) is 3.55. The van der Waals surface area contributed by atoms with E-state index < -0.39 is 35.0 Å². The van der Waals surface area contributed by atoms with E-state index in [2.05, 4.69) is 21.2 Å². The van der Waals surface area contributed by atoms with E-state index in [0.29, 0.717) is 23.4 Å². The molecular weight excluding hydrogens is 578 g/mol. The highest BCUT2D eigenvalue weighted by Gasteiger charge is 2.63. The van der Waals surface area contributed by atoms with Gasteiger partial charge in [0, 0.05) is 39.3 Å². The van der Waals surface area contributed by atoms with Crippen molar-refractivity contribution in [2.24, 2.45) is 5.92 Å². The lowest BCUT2D eigenvalue weighted by molar-refractivity contribution is -0.136. The van der Waals surface area contributed by atoms with Gasteiger partial charge in [-0.2, -0.15) is 0 Å². The molecule has 2 aromatic rings. The molecule has 0 radical (unpaired) electrons. The highest BCUT2D eigenvalue weighted by atomic mass is 79.9. The van der Waals surface area contributed by atoms with Gasteiger partial charge in [-0.1, -0.05) is 46.6 Å². The minimum atomic E-state index is -1.90. The second kappa shape index (κ2) is 9.47. The number of carbonyl (C=O) groups excluding carboxylic acids is 3. The maximum Gasteiger partial charge on any atom is 0.336 e. The van der Waals surface area contributed by atoms with Crippen LogP contribution in [0.4, 0.5) is 0 Å². The number of rotatable bonds is 4. The van der Waals surface area contributed by atoms with Crippen LogP contribution in [0.15, 0.2) is 57.3 Å². The standard InChI is InChI=1S/C28H25BrClNO7/c1-12-9-16-21(20(14-7-6-8-15(29)10-14)19(13(2)31-16)27(34)37-5)25(32)28(12)26(33)22-17(35-3)11-18(36-4)23(30)24(22)38-28/h6-8,10-12,20,31H,9H2,1-5H3/t12-,20?,28+/m1/s1. The van der Waals surface area contributed by atoms with E-state index in [1.54, 1.807) is 13.8 Å². The first-order valence-electron chi connectivity index (χ1n) is 11.9.